The average molecular weight is 225 g/mol. The van der Waals surface area contributed by atoms with Crippen molar-refractivity contribution in [3.63, 3.8) is 0 Å². The van der Waals surface area contributed by atoms with Crippen molar-refractivity contribution in [2.45, 2.75) is 12.5 Å². The molecule has 0 aliphatic heterocycles. The van der Waals surface area contributed by atoms with Gasteiger partial charge in [0.05, 0.1) is 12.5 Å². The zero-order valence-electron chi connectivity index (χ0n) is 9.01. The second-order valence-corrected chi connectivity index (χ2v) is 3.45. The maximum absolute atomic E-state index is 10.9. The molecular weight excluding hydrogens is 210 g/mol. The molecule has 5 nitrogen and oxygen atoms in total. The number of phenolic OH excluding ortho intramolecular Hbond substituents is 1. The number of aromatic hydroxyl groups is 1. The number of hydrogen-bond acceptors (Lipinski definition) is 4. The molecule has 1 atom stereocenters. The normalized spacial score (nSPS) is 12.4. The fourth-order valence-corrected chi connectivity index (χ4v) is 1.45. The van der Waals surface area contributed by atoms with Crippen LogP contribution >= 0.6 is 0 Å². The number of carboxylic acid groups (broad SMARTS) is 1. The predicted molar refractivity (Wildman–Crippen MR) is 58.3 cm³/mol. The number of benzene rings is 1. The predicted octanol–water partition coefficient (Wildman–Crippen LogP) is 0.665. The summed E-state index contributed by atoms with van der Waals surface area (Å²) in [4.78, 5) is 10.9. The molecular formula is C11H15NO4. The highest BCUT2D eigenvalue weighted by Crippen LogP contribution is 2.24. The molecule has 0 aliphatic carbocycles. The van der Waals surface area contributed by atoms with Gasteiger partial charge in [0, 0.05) is 19.2 Å². The summed E-state index contributed by atoms with van der Waals surface area (Å²) >= 11 is 0. The van der Waals surface area contributed by atoms with E-state index in [9.17, 15) is 9.90 Å². The average Bonchev–Trinajstić information content (AvgIpc) is 2.22. The lowest BCUT2D eigenvalue weighted by Crippen LogP contribution is -2.21. The van der Waals surface area contributed by atoms with Crippen molar-refractivity contribution in [2.24, 2.45) is 5.73 Å². The number of hydrogen-bond donors (Lipinski definition) is 3. The molecule has 0 saturated heterocycles. The second kappa shape index (κ2) is 5.48. The van der Waals surface area contributed by atoms with E-state index in [1.54, 1.807) is 12.1 Å². The van der Waals surface area contributed by atoms with E-state index in [-0.39, 0.29) is 18.9 Å². The monoisotopic (exact) mass is 225 g/mol. The van der Waals surface area contributed by atoms with Gasteiger partial charge in [-0.05, 0) is 11.6 Å². The van der Waals surface area contributed by atoms with Crippen molar-refractivity contribution in [3.05, 3.63) is 29.3 Å². The minimum absolute atomic E-state index is 0.00159. The van der Waals surface area contributed by atoms with Crippen LogP contribution in [-0.2, 0) is 16.1 Å². The fourth-order valence-electron chi connectivity index (χ4n) is 1.45. The van der Waals surface area contributed by atoms with Gasteiger partial charge in [-0.2, -0.15) is 0 Å². The number of ether oxygens (including phenoxy) is 1. The van der Waals surface area contributed by atoms with E-state index in [0.29, 0.717) is 11.1 Å². The van der Waals surface area contributed by atoms with Crippen LogP contribution in [0.5, 0.6) is 5.75 Å². The Kier molecular flexibility index (Phi) is 4.28. The van der Waals surface area contributed by atoms with E-state index in [1.807, 2.05) is 0 Å². The summed E-state index contributed by atoms with van der Waals surface area (Å²) in [5, 5.41) is 18.5. The van der Waals surface area contributed by atoms with Crippen LogP contribution in [0.2, 0.25) is 0 Å². The molecule has 0 bridgehead atoms. The van der Waals surface area contributed by atoms with Crippen molar-refractivity contribution in [2.75, 3.05) is 13.7 Å². The Morgan fingerprint density at radius 3 is 2.69 bits per heavy atom. The number of carbonyl (C=O) groups is 1. The zero-order chi connectivity index (χ0) is 12.1. The Morgan fingerprint density at radius 2 is 2.25 bits per heavy atom. The quantitative estimate of drug-likeness (QED) is 0.684. The van der Waals surface area contributed by atoms with E-state index in [2.05, 4.69) is 0 Å². The Hall–Kier alpha value is -1.59. The third-order valence-electron chi connectivity index (χ3n) is 2.35. The minimum atomic E-state index is -0.999. The lowest BCUT2D eigenvalue weighted by atomic mass is 9.98. The topological polar surface area (TPSA) is 92.8 Å². The van der Waals surface area contributed by atoms with Gasteiger partial charge >= 0.3 is 5.97 Å². The third kappa shape index (κ3) is 2.71. The van der Waals surface area contributed by atoms with Crippen LogP contribution in [0, 0.1) is 0 Å². The molecule has 5 heteroatoms. The first-order valence-electron chi connectivity index (χ1n) is 4.83. The Labute approximate surface area is 93.5 Å². The summed E-state index contributed by atoms with van der Waals surface area (Å²) < 4.78 is 4.88. The van der Waals surface area contributed by atoms with Crippen LogP contribution in [0.1, 0.15) is 17.0 Å². The summed E-state index contributed by atoms with van der Waals surface area (Å²) in [6.07, 6.45) is 0. The van der Waals surface area contributed by atoms with Crippen molar-refractivity contribution < 1.29 is 19.7 Å². The first-order valence-corrected chi connectivity index (χ1v) is 4.83. The Morgan fingerprint density at radius 1 is 1.56 bits per heavy atom. The number of rotatable bonds is 5. The third-order valence-corrected chi connectivity index (χ3v) is 2.35. The molecule has 0 fully saturated rings. The first-order chi connectivity index (χ1) is 7.60. The molecule has 0 heterocycles. The van der Waals surface area contributed by atoms with Crippen molar-refractivity contribution >= 4 is 5.97 Å². The van der Waals surface area contributed by atoms with Crippen molar-refractivity contribution in [1.82, 2.24) is 0 Å². The van der Waals surface area contributed by atoms with Crippen LogP contribution in [0.15, 0.2) is 18.2 Å². The van der Waals surface area contributed by atoms with Gasteiger partial charge in [0.1, 0.15) is 5.75 Å². The molecule has 16 heavy (non-hydrogen) atoms. The smallest absolute Gasteiger partial charge is 0.312 e. The molecule has 1 aromatic rings. The van der Waals surface area contributed by atoms with Crippen LogP contribution in [-0.4, -0.2) is 29.8 Å². The van der Waals surface area contributed by atoms with Gasteiger partial charge in [0.2, 0.25) is 0 Å². The minimum Gasteiger partial charge on any atom is -0.508 e. The number of methoxy groups -OCH3 is 1. The number of aliphatic carboxylic acids is 1. The van der Waals surface area contributed by atoms with Crippen molar-refractivity contribution in [3.8, 4) is 5.75 Å². The van der Waals surface area contributed by atoms with E-state index in [4.69, 9.17) is 15.6 Å². The van der Waals surface area contributed by atoms with Crippen LogP contribution in [0.25, 0.3) is 0 Å². The van der Waals surface area contributed by atoms with Crippen LogP contribution in [0.4, 0.5) is 0 Å². The molecule has 0 aliphatic rings. The highest BCUT2D eigenvalue weighted by molar-refractivity contribution is 5.76. The van der Waals surface area contributed by atoms with Gasteiger partial charge < -0.3 is 20.7 Å². The summed E-state index contributed by atoms with van der Waals surface area (Å²) in [5.41, 5.74) is 6.48. The summed E-state index contributed by atoms with van der Waals surface area (Å²) in [5.74, 6) is -1.76. The molecule has 0 amide bonds. The largest absolute Gasteiger partial charge is 0.508 e. The highest BCUT2D eigenvalue weighted by Gasteiger charge is 2.18. The number of carboxylic acids is 1. The molecule has 0 saturated carbocycles. The summed E-state index contributed by atoms with van der Waals surface area (Å²) in [6.45, 7) is 0.283. The summed E-state index contributed by atoms with van der Waals surface area (Å²) in [7, 11) is 1.52. The fraction of sp³-hybridized carbons (Fsp3) is 0.364. The van der Waals surface area contributed by atoms with Crippen molar-refractivity contribution in [1.29, 1.82) is 0 Å². The van der Waals surface area contributed by atoms with Crippen LogP contribution in [0.3, 0.4) is 0 Å². The van der Waals surface area contributed by atoms with Gasteiger partial charge in [0.15, 0.2) is 0 Å². The van der Waals surface area contributed by atoms with E-state index in [0.717, 1.165) is 0 Å². The Bertz CT molecular complexity index is 378. The Balaban J connectivity index is 2.99. The molecule has 1 unspecified atom stereocenters. The molecule has 1 aromatic carbocycles. The van der Waals surface area contributed by atoms with Crippen LogP contribution < -0.4 is 5.73 Å². The first kappa shape index (κ1) is 12.5. The van der Waals surface area contributed by atoms with E-state index in [1.165, 1.54) is 13.2 Å². The SMILES string of the molecule is COCc1ccc(C(CN)C(=O)O)cc1O. The highest BCUT2D eigenvalue weighted by atomic mass is 16.5. The molecule has 4 N–H and O–H groups in total. The van der Waals surface area contributed by atoms with Gasteiger partial charge in [-0.1, -0.05) is 12.1 Å². The standard InChI is InChI=1S/C11H15NO4/c1-16-6-8-3-2-7(4-10(8)13)9(5-12)11(14)15/h2-4,9,13H,5-6,12H2,1H3,(H,14,15). The molecule has 0 aromatic heterocycles. The zero-order valence-corrected chi connectivity index (χ0v) is 9.01. The number of phenols is 1. The summed E-state index contributed by atoms with van der Waals surface area (Å²) in [6, 6.07) is 4.69. The van der Waals surface area contributed by atoms with Gasteiger partial charge in [-0.15, -0.1) is 0 Å². The van der Waals surface area contributed by atoms with Gasteiger partial charge in [-0.3, -0.25) is 4.79 Å². The molecule has 0 spiro atoms. The lowest BCUT2D eigenvalue weighted by molar-refractivity contribution is -0.138. The maximum Gasteiger partial charge on any atom is 0.312 e. The molecule has 1 rings (SSSR count). The van der Waals surface area contributed by atoms with Gasteiger partial charge in [-0.25, -0.2) is 0 Å². The van der Waals surface area contributed by atoms with E-state index < -0.39 is 11.9 Å². The molecule has 88 valence electrons. The van der Waals surface area contributed by atoms with E-state index >= 15 is 0 Å². The maximum atomic E-state index is 10.9. The lowest BCUT2D eigenvalue weighted by Gasteiger charge is -2.12. The van der Waals surface area contributed by atoms with Gasteiger partial charge in [0.25, 0.3) is 0 Å². The second-order valence-electron chi connectivity index (χ2n) is 3.45. The molecule has 0 radical (unpaired) electrons. The number of nitrogens with two attached hydrogens (primary N) is 1.